The monoisotopic (exact) mass is 332 g/mol. The highest BCUT2D eigenvalue weighted by molar-refractivity contribution is 6.00. The normalized spacial score (nSPS) is 16.7. The Balaban J connectivity index is 2.43. The molecule has 1 aromatic rings. The van der Waals surface area contributed by atoms with Crippen LogP contribution in [0.3, 0.4) is 0 Å². The van der Waals surface area contributed by atoms with Crippen LogP contribution in [0.4, 0.5) is 11.4 Å². The van der Waals surface area contributed by atoms with Gasteiger partial charge in [0, 0.05) is 18.2 Å². The van der Waals surface area contributed by atoms with Crippen molar-refractivity contribution < 1.29 is 14.3 Å². The van der Waals surface area contributed by atoms with E-state index in [1.807, 2.05) is 45.9 Å². The van der Waals surface area contributed by atoms with Gasteiger partial charge in [-0.1, -0.05) is 27.7 Å². The van der Waals surface area contributed by atoms with E-state index >= 15 is 0 Å². The van der Waals surface area contributed by atoms with E-state index in [0.29, 0.717) is 30.5 Å². The molecule has 1 N–H and O–H groups in total. The standard InChI is InChI=1S/C19H28N2O3/c1-12(2)10-21-15-9-14(20-17(22)13(3)4)7-8-16(15)24-11-19(5,6)18(21)23/h7-9,12-13H,10-11H2,1-6H3,(H,20,22). The van der Waals surface area contributed by atoms with Crippen molar-refractivity contribution in [2.75, 3.05) is 23.4 Å². The van der Waals surface area contributed by atoms with Crippen LogP contribution in [0.5, 0.6) is 5.75 Å². The van der Waals surface area contributed by atoms with Gasteiger partial charge in [-0.3, -0.25) is 9.59 Å². The lowest BCUT2D eigenvalue weighted by Gasteiger charge is -2.29. The van der Waals surface area contributed by atoms with Crippen molar-refractivity contribution in [3.8, 4) is 5.75 Å². The zero-order chi connectivity index (χ0) is 18.1. The fraction of sp³-hybridized carbons (Fsp3) is 0.579. The first kappa shape index (κ1) is 18.3. The highest BCUT2D eigenvalue weighted by Crippen LogP contribution is 2.38. The number of carbonyl (C=O) groups excluding carboxylic acids is 2. The number of hydrogen-bond donors (Lipinski definition) is 1. The van der Waals surface area contributed by atoms with Gasteiger partial charge in [-0.05, 0) is 38.0 Å². The molecule has 0 radical (unpaired) electrons. The third-order valence-corrected chi connectivity index (χ3v) is 4.00. The summed E-state index contributed by atoms with van der Waals surface area (Å²) >= 11 is 0. The summed E-state index contributed by atoms with van der Waals surface area (Å²) < 4.78 is 5.88. The molecule has 0 saturated heterocycles. The van der Waals surface area contributed by atoms with Gasteiger partial charge in [0.25, 0.3) is 0 Å². The van der Waals surface area contributed by atoms with E-state index in [4.69, 9.17) is 4.74 Å². The summed E-state index contributed by atoms with van der Waals surface area (Å²) in [6.45, 7) is 12.6. The SMILES string of the molecule is CC(C)CN1C(=O)C(C)(C)COc2ccc(NC(=O)C(C)C)cc21. The molecular formula is C19H28N2O3. The minimum Gasteiger partial charge on any atom is -0.490 e. The van der Waals surface area contributed by atoms with E-state index in [1.165, 1.54) is 0 Å². The Morgan fingerprint density at radius 1 is 1.29 bits per heavy atom. The first-order valence-corrected chi connectivity index (χ1v) is 8.51. The van der Waals surface area contributed by atoms with E-state index in [0.717, 1.165) is 5.69 Å². The van der Waals surface area contributed by atoms with Crippen molar-refractivity contribution in [1.82, 2.24) is 0 Å². The third-order valence-electron chi connectivity index (χ3n) is 4.00. The molecule has 0 atom stereocenters. The summed E-state index contributed by atoms with van der Waals surface area (Å²) in [7, 11) is 0. The zero-order valence-electron chi connectivity index (χ0n) is 15.5. The second kappa shape index (κ2) is 6.83. The van der Waals surface area contributed by atoms with Crippen molar-refractivity contribution in [2.45, 2.75) is 41.5 Å². The molecule has 24 heavy (non-hydrogen) atoms. The van der Waals surface area contributed by atoms with Crippen LogP contribution in [0, 0.1) is 17.3 Å². The number of rotatable bonds is 4. The van der Waals surface area contributed by atoms with Gasteiger partial charge in [0.2, 0.25) is 11.8 Å². The number of nitrogens with zero attached hydrogens (tertiary/aromatic N) is 1. The van der Waals surface area contributed by atoms with E-state index < -0.39 is 5.41 Å². The van der Waals surface area contributed by atoms with Crippen LogP contribution in [-0.4, -0.2) is 25.0 Å². The second-order valence-corrected chi connectivity index (χ2v) is 7.81. The van der Waals surface area contributed by atoms with E-state index in [-0.39, 0.29) is 17.7 Å². The van der Waals surface area contributed by atoms with Crippen molar-refractivity contribution in [1.29, 1.82) is 0 Å². The number of fused-ring (bicyclic) bond motifs is 1. The summed E-state index contributed by atoms with van der Waals surface area (Å²) in [5.41, 5.74) is 0.813. The van der Waals surface area contributed by atoms with Gasteiger partial charge in [-0.2, -0.15) is 0 Å². The van der Waals surface area contributed by atoms with Crippen molar-refractivity contribution in [2.24, 2.45) is 17.3 Å². The zero-order valence-corrected chi connectivity index (χ0v) is 15.5. The fourth-order valence-corrected chi connectivity index (χ4v) is 2.56. The molecule has 2 amide bonds. The van der Waals surface area contributed by atoms with Crippen LogP contribution in [0.1, 0.15) is 41.5 Å². The molecular weight excluding hydrogens is 304 g/mol. The quantitative estimate of drug-likeness (QED) is 0.915. The Morgan fingerprint density at radius 2 is 1.96 bits per heavy atom. The van der Waals surface area contributed by atoms with E-state index in [9.17, 15) is 9.59 Å². The molecule has 1 aliphatic rings. The number of ether oxygens (including phenoxy) is 1. The highest BCUT2D eigenvalue weighted by Gasteiger charge is 2.38. The average Bonchev–Trinajstić information content (AvgIpc) is 2.57. The lowest BCUT2D eigenvalue weighted by molar-refractivity contribution is -0.127. The maximum absolute atomic E-state index is 13.0. The summed E-state index contributed by atoms with van der Waals surface area (Å²) in [4.78, 5) is 26.7. The van der Waals surface area contributed by atoms with Crippen LogP contribution in [-0.2, 0) is 9.59 Å². The molecule has 0 fully saturated rings. The topological polar surface area (TPSA) is 58.6 Å². The third kappa shape index (κ3) is 3.89. The average molecular weight is 332 g/mol. The van der Waals surface area contributed by atoms with Crippen LogP contribution >= 0.6 is 0 Å². The maximum Gasteiger partial charge on any atom is 0.236 e. The molecule has 0 bridgehead atoms. The van der Waals surface area contributed by atoms with Gasteiger partial charge in [0.05, 0.1) is 11.1 Å². The largest absolute Gasteiger partial charge is 0.490 e. The molecule has 1 aromatic carbocycles. The van der Waals surface area contributed by atoms with Crippen LogP contribution in [0.2, 0.25) is 0 Å². The fourth-order valence-electron chi connectivity index (χ4n) is 2.56. The van der Waals surface area contributed by atoms with Gasteiger partial charge >= 0.3 is 0 Å². The number of amides is 2. The predicted molar refractivity (Wildman–Crippen MR) is 96.4 cm³/mol. The molecule has 132 valence electrons. The molecule has 0 saturated carbocycles. The summed E-state index contributed by atoms with van der Waals surface area (Å²) in [5, 5.41) is 2.89. The van der Waals surface area contributed by atoms with Crippen LogP contribution in [0.15, 0.2) is 18.2 Å². The molecule has 5 heteroatoms. The lowest BCUT2D eigenvalue weighted by atomic mass is 9.92. The smallest absolute Gasteiger partial charge is 0.236 e. The Kier molecular flexibility index (Phi) is 5.21. The minimum absolute atomic E-state index is 0.0438. The molecule has 5 nitrogen and oxygen atoms in total. The Hall–Kier alpha value is -2.04. The predicted octanol–water partition coefficient (Wildman–Crippen LogP) is 3.69. The highest BCUT2D eigenvalue weighted by atomic mass is 16.5. The molecule has 0 aliphatic carbocycles. The molecule has 0 spiro atoms. The van der Waals surface area contributed by atoms with Gasteiger partial charge in [0.15, 0.2) is 0 Å². The summed E-state index contributed by atoms with van der Waals surface area (Å²) in [6.07, 6.45) is 0. The van der Waals surface area contributed by atoms with Crippen LogP contribution < -0.4 is 15.0 Å². The minimum atomic E-state index is -0.588. The summed E-state index contributed by atoms with van der Waals surface area (Å²) in [5.74, 6) is 0.892. The number of benzene rings is 1. The van der Waals surface area contributed by atoms with Crippen molar-refractivity contribution in [3.05, 3.63) is 18.2 Å². The Bertz CT molecular complexity index is 635. The maximum atomic E-state index is 13.0. The lowest BCUT2D eigenvalue weighted by Crippen LogP contribution is -2.43. The van der Waals surface area contributed by atoms with E-state index in [1.54, 1.807) is 4.90 Å². The molecule has 1 heterocycles. The van der Waals surface area contributed by atoms with Gasteiger partial charge in [0.1, 0.15) is 12.4 Å². The van der Waals surface area contributed by atoms with Gasteiger partial charge < -0.3 is 15.0 Å². The molecule has 0 aromatic heterocycles. The summed E-state index contributed by atoms with van der Waals surface area (Å²) in [6, 6.07) is 5.47. The number of carbonyl (C=O) groups is 2. The van der Waals surface area contributed by atoms with Crippen molar-refractivity contribution >= 4 is 23.2 Å². The first-order chi connectivity index (χ1) is 11.1. The van der Waals surface area contributed by atoms with Crippen LogP contribution in [0.25, 0.3) is 0 Å². The number of hydrogen-bond acceptors (Lipinski definition) is 3. The number of nitrogens with one attached hydrogen (secondary N) is 1. The Morgan fingerprint density at radius 3 is 2.54 bits per heavy atom. The molecule has 0 unspecified atom stereocenters. The van der Waals surface area contributed by atoms with Gasteiger partial charge in [-0.15, -0.1) is 0 Å². The Labute approximate surface area is 144 Å². The van der Waals surface area contributed by atoms with Gasteiger partial charge in [-0.25, -0.2) is 0 Å². The van der Waals surface area contributed by atoms with Crippen molar-refractivity contribution in [3.63, 3.8) is 0 Å². The molecule has 2 rings (SSSR count). The first-order valence-electron chi connectivity index (χ1n) is 8.51. The second-order valence-electron chi connectivity index (χ2n) is 7.81. The molecule has 1 aliphatic heterocycles. The number of anilines is 2. The van der Waals surface area contributed by atoms with E-state index in [2.05, 4.69) is 19.2 Å².